The number of carbonyl (C=O) groups is 2. The molecular formula is C16H23NO3. The molecule has 1 aromatic rings. The fourth-order valence-electron chi connectivity index (χ4n) is 1.69. The first-order valence-corrected chi connectivity index (χ1v) is 6.79. The van der Waals surface area contributed by atoms with E-state index < -0.39 is 5.97 Å². The largest absolute Gasteiger partial charge is 0.478 e. The molecule has 1 amide bonds. The maximum Gasteiger partial charge on any atom is 0.335 e. The van der Waals surface area contributed by atoms with E-state index in [1.807, 2.05) is 0 Å². The molecule has 0 radical (unpaired) electrons. The molecule has 0 heterocycles. The highest BCUT2D eigenvalue weighted by molar-refractivity contribution is 5.91. The van der Waals surface area contributed by atoms with Crippen molar-refractivity contribution >= 4 is 11.9 Å². The molecule has 0 aliphatic carbocycles. The second kappa shape index (κ2) is 6.55. The Bertz CT molecular complexity index is 489. The van der Waals surface area contributed by atoms with Crippen molar-refractivity contribution in [3.05, 3.63) is 35.4 Å². The zero-order valence-corrected chi connectivity index (χ0v) is 12.6. The van der Waals surface area contributed by atoms with Crippen LogP contribution in [0.25, 0.3) is 0 Å². The summed E-state index contributed by atoms with van der Waals surface area (Å²) in [5, 5.41) is 11.9. The molecule has 0 saturated carbocycles. The van der Waals surface area contributed by atoms with Crippen molar-refractivity contribution in [1.82, 2.24) is 5.32 Å². The summed E-state index contributed by atoms with van der Waals surface area (Å²) < 4.78 is 0. The molecule has 0 aromatic heterocycles. The SMILES string of the molecule is CC(CNC(=O)Cc1ccccc1C(=O)O)C(C)(C)C. The smallest absolute Gasteiger partial charge is 0.335 e. The molecule has 0 saturated heterocycles. The van der Waals surface area contributed by atoms with Crippen molar-refractivity contribution in [2.45, 2.75) is 34.1 Å². The topological polar surface area (TPSA) is 66.4 Å². The van der Waals surface area contributed by atoms with E-state index in [1.54, 1.807) is 18.2 Å². The molecule has 0 aliphatic heterocycles. The lowest BCUT2D eigenvalue weighted by molar-refractivity contribution is -0.120. The first-order chi connectivity index (χ1) is 9.21. The van der Waals surface area contributed by atoms with Crippen molar-refractivity contribution in [3.8, 4) is 0 Å². The maximum absolute atomic E-state index is 11.9. The molecule has 0 bridgehead atoms. The van der Waals surface area contributed by atoms with E-state index in [2.05, 4.69) is 33.0 Å². The second-order valence-electron chi connectivity index (χ2n) is 6.21. The number of rotatable bonds is 5. The van der Waals surface area contributed by atoms with Gasteiger partial charge in [0.15, 0.2) is 0 Å². The summed E-state index contributed by atoms with van der Waals surface area (Å²) in [6.45, 7) is 9.07. The van der Waals surface area contributed by atoms with Gasteiger partial charge in [-0.2, -0.15) is 0 Å². The number of benzene rings is 1. The maximum atomic E-state index is 11.9. The Kier molecular flexibility index (Phi) is 5.31. The molecule has 20 heavy (non-hydrogen) atoms. The molecule has 0 fully saturated rings. The molecular weight excluding hydrogens is 254 g/mol. The lowest BCUT2D eigenvalue weighted by Gasteiger charge is -2.27. The van der Waals surface area contributed by atoms with Gasteiger partial charge in [0.1, 0.15) is 0 Å². The number of amides is 1. The van der Waals surface area contributed by atoms with Gasteiger partial charge >= 0.3 is 5.97 Å². The zero-order valence-electron chi connectivity index (χ0n) is 12.6. The van der Waals surface area contributed by atoms with Gasteiger partial charge in [-0.05, 0) is 23.0 Å². The van der Waals surface area contributed by atoms with Crippen LogP contribution in [0.15, 0.2) is 24.3 Å². The van der Waals surface area contributed by atoms with E-state index in [0.29, 0.717) is 18.0 Å². The lowest BCUT2D eigenvalue weighted by Crippen LogP contribution is -2.34. The number of carboxylic acids is 1. The van der Waals surface area contributed by atoms with Crippen molar-refractivity contribution in [2.75, 3.05) is 6.54 Å². The average Bonchev–Trinajstić information content (AvgIpc) is 2.35. The molecule has 110 valence electrons. The van der Waals surface area contributed by atoms with Gasteiger partial charge in [-0.25, -0.2) is 4.79 Å². The number of carboxylic acid groups (broad SMARTS) is 1. The van der Waals surface area contributed by atoms with Crippen molar-refractivity contribution in [2.24, 2.45) is 11.3 Å². The zero-order chi connectivity index (χ0) is 15.3. The molecule has 1 rings (SSSR count). The van der Waals surface area contributed by atoms with E-state index in [4.69, 9.17) is 5.11 Å². The summed E-state index contributed by atoms with van der Waals surface area (Å²) in [5.74, 6) is -0.799. The van der Waals surface area contributed by atoms with Crippen LogP contribution in [0.4, 0.5) is 0 Å². The third-order valence-electron chi connectivity index (χ3n) is 3.68. The summed E-state index contributed by atoms with van der Waals surface area (Å²) in [5.41, 5.74) is 0.860. The minimum atomic E-state index is -1.00. The highest BCUT2D eigenvalue weighted by Gasteiger charge is 2.20. The summed E-state index contributed by atoms with van der Waals surface area (Å²) >= 11 is 0. The summed E-state index contributed by atoms with van der Waals surface area (Å²) in [6.07, 6.45) is 0.0966. The Morgan fingerprint density at radius 2 is 1.85 bits per heavy atom. The number of carbonyl (C=O) groups excluding carboxylic acids is 1. The van der Waals surface area contributed by atoms with Gasteiger partial charge in [0.05, 0.1) is 12.0 Å². The summed E-state index contributed by atoms with van der Waals surface area (Å²) in [4.78, 5) is 23.0. The van der Waals surface area contributed by atoms with Gasteiger partial charge < -0.3 is 10.4 Å². The third kappa shape index (κ3) is 4.68. The van der Waals surface area contributed by atoms with E-state index >= 15 is 0 Å². The molecule has 1 unspecified atom stereocenters. The second-order valence-corrected chi connectivity index (χ2v) is 6.21. The fourth-order valence-corrected chi connectivity index (χ4v) is 1.69. The highest BCUT2D eigenvalue weighted by Crippen LogP contribution is 2.24. The molecule has 4 heteroatoms. The number of hydrogen-bond acceptors (Lipinski definition) is 2. The van der Waals surface area contributed by atoms with Crippen LogP contribution in [-0.2, 0) is 11.2 Å². The standard InChI is InChI=1S/C16H23NO3/c1-11(16(2,3)4)10-17-14(18)9-12-7-5-6-8-13(12)15(19)20/h5-8,11H,9-10H2,1-4H3,(H,17,18)(H,19,20). The van der Waals surface area contributed by atoms with Gasteiger partial charge in [0.2, 0.25) is 5.91 Å². The minimum absolute atomic E-state index is 0.0966. The van der Waals surface area contributed by atoms with Gasteiger partial charge in [-0.1, -0.05) is 45.9 Å². The first kappa shape index (κ1) is 16.2. The average molecular weight is 277 g/mol. The Morgan fingerprint density at radius 1 is 1.25 bits per heavy atom. The van der Waals surface area contributed by atoms with Crippen LogP contribution in [0.5, 0.6) is 0 Å². The molecule has 1 atom stereocenters. The van der Waals surface area contributed by atoms with Crippen LogP contribution in [0.3, 0.4) is 0 Å². The molecule has 2 N–H and O–H groups in total. The third-order valence-corrected chi connectivity index (χ3v) is 3.68. The predicted octanol–water partition coefficient (Wildman–Crippen LogP) is 2.73. The Hall–Kier alpha value is -1.84. The highest BCUT2D eigenvalue weighted by atomic mass is 16.4. The lowest BCUT2D eigenvalue weighted by atomic mass is 9.82. The quantitative estimate of drug-likeness (QED) is 0.869. The van der Waals surface area contributed by atoms with Gasteiger partial charge in [-0.3, -0.25) is 4.79 Å². The van der Waals surface area contributed by atoms with Crippen LogP contribution in [0, 0.1) is 11.3 Å². The fraction of sp³-hybridized carbons (Fsp3) is 0.500. The van der Waals surface area contributed by atoms with Crippen LogP contribution in [-0.4, -0.2) is 23.5 Å². The van der Waals surface area contributed by atoms with Crippen molar-refractivity contribution in [1.29, 1.82) is 0 Å². The Morgan fingerprint density at radius 3 is 2.40 bits per heavy atom. The van der Waals surface area contributed by atoms with E-state index in [1.165, 1.54) is 6.07 Å². The number of aromatic carboxylic acids is 1. The Labute approximate surface area is 120 Å². The van der Waals surface area contributed by atoms with Crippen LogP contribution < -0.4 is 5.32 Å². The monoisotopic (exact) mass is 277 g/mol. The van der Waals surface area contributed by atoms with E-state index in [0.717, 1.165) is 0 Å². The molecule has 1 aromatic carbocycles. The minimum Gasteiger partial charge on any atom is -0.478 e. The van der Waals surface area contributed by atoms with Crippen molar-refractivity contribution < 1.29 is 14.7 Å². The summed E-state index contributed by atoms with van der Waals surface area (Å²) in [6, 6.07) is 6.60. The molecule has 4 nitrogen and oxygen atoms in total. The number of nitrogens with one attached hydrogen (secondary N) is 1. The van der Waals surface area contributed by atoms with E-state index in [-0.39, 0.29) is 23.3 Å². The summed E-state index contributed by atoms with van der Waals surface area (Å²) in [7, 11) is 0. The predicted molar refractivity (Wildman–Crippen MR) is 78.7 cm³/mol. The van der Waals surface area contributed by atoms with Gasteiger partial charge in [-0.15, -0.1) is 0 Å². The van der Waals surface area contributed by atoms with E-state index in [9.17, 15) is 9.59 Å². The van der Waals surface area contributed by atoms with Crippen LogP contribution in [0.2, 0.25) is 0 Å². The first-order valence-electron chi connectivity index (χ1n) is 6.79. The molecule has 0 spiro atoms. The Balaban J connectivity index is 2.62. The van der Waals surface area contributed by atoms with Crippen molar-refractivity contribution in [3.63, 3.8) is 0 Å². The van der Waals surface area contributed by atoms with Gasteiger partial charge in [0.25, 0.3) is 0 Å². The van der Waals surface area contributed by atoms with Crippen LogP contribution >= 0.6 is 0 Å². The molecule has 0 aliphatic rings. The van der Waals surface area contributed by atoms with Gasteiger partial charge in [0, 0.05) is 6.54 Å². The number of hydrogen-bond donors (Lipinski definition) is 2. The van der Waals surface area contributed by atoms with Crippen LogP contribution in [0.1, 0.15) is 43.6 Å². The normalized spacial score (nSPS) is 12.8.